The summed E-state index contributed by atoms with van der Waals surface area (Å²) < 4.78 is 45.6. The van der Waals surface area contributed by atoms with Crippen LogP contribution >= 0.6 is 12.4 Å². The van der Waals surface area contributed by atoms with Crippen LogP contribution in [-0.4, -0.2) is 34.7 Å². The molecule has 0 aliphatic carbocycles. The van der Waals surface area contributed by atoms with E-state index < -0.39 is 15.8 Å². The van der Waals surface area contributed by atoms with Gasteiger partial charge in [0, 0.05) is 6.04 Å². The minimum atomic E-state index is -3.71. The highest BCUT2D eigenvalue weighted by Crippen LogP contribution is 2.22. The Morgan fingerprint density at radius 1 is 1.43 bits per heavy atom. The molecule has 0 amide bonds. The molecule has 1 fully saturated rings. The molecule has 0 aromatic heterocycles. The quantitative estimate of drug-likeness (QED) is 0.873. The highest BCUT2D eigenvalue weighted by Gasteiger charge is 2.27. The Morgan fingerprint density at radius 2 is 2.14 bits per heavy atom. The summed E-state index contributed by atoms with van der Waals surface area (Å²) >= 11 is 0. The summed E-state index contributed by atoms with van der Waals surface area (Å²) in [6.45, 7) is 3.52. The monoisotopic (exact) mass is 338 g/mol. The van der Waals surface area contributed by atoms with E-state index in [1.807, 2.05) is 6.92 Å². The third-order valence-corrected chi connectivity index (χ3v) is 5.01. The van der Waals surface area contributed by atoms with Gasteiger partial charge in [0.2, 0.25) is 10.0 Å². The molecule has 1 aliphatic heterocycles. The Morgan fingerprint density at radius 3 is 2.71 bits per heavy atom. The van der Waals surface area contributed by atoms with Crippen LogP contribution in [0.1, 0.15) is 13.3 Å². The van der Waals surface area contributed by atoms with E-state index in [2.05, 4.69) is 10.0 Å². The molecular formula is C13H20ClFN2O3S. The zero-order valence-electron chi connectivity index (χ0n) is 11.9. The number of ether oxygens (including phenoxy) is 1. The summed E-state index contributed by atoms with van der Waals surface area (Å²) in [5.41, 5.74) is 0. The Labute approximate surface area is 130 Å². The molecule has 0 saturated carbocycles. The van der Waals surface area contributed by atoms with E-state index in [0.29, 0.717) is 0 Å². The van der Waals surface area contributed by atoms with Crippen LogP contribution in [0.2, 0.25) is 0 Å². The molecule has 0 radical (unpaired) electrons. The third kappa shape index (κ3) is 4.29. The maximum atomic E-state index is 13.6. The van der Waals surface area contributed by atoms with E-state index in [1.165, 1.54) is 19.2 Å². The van der Waals surface area contributed by atoms with Gasteiger partial charge in [-0.2, -0.15) is 0 Å². The van der Waals surface area contributed by atoms with Crippen LogP contribution in [0.3, 0.4) is 0 Å². The first kappa shape index (κ1) is 18.2. The molecule has 120 valence electrons. The minimum Gasteiger partial charge on any atom is -0.494 e. The van der Waals surface area contributed by atoms with E-state index in [9.17, 15) is 12.8 Å². The van der Waals surface area contributed by atoms with Crippen molar-refractivity contribution in [3.05, 3.63) is 24.0 Å². The van der Waals surface area contributed by atoms with Crippen molar-refractivity contribution in [1.82, 2.24) is 10.0 Å². The number of methoxy groups -OCH3 is 1. The van der Waals surface area contributed by atoms with Crippen LogP contribution in [-0.2, 0) is 10.0 Å². The number of hydrogen-bond donors (Lipinski definition) is 2. The van der Waals surface area contributed by atoms with Crippen molar-refractivity contribution in [3.63, 3.8) is 0 Å². The largest absolute Gasteiger partial charge is 0.494 e. The van der Waals surface area contributed by atoms with Crippen molar-refractivity contribution < 1.29 is 17.5 Å². The molecule has 2 rings (SSSR count). The average molecular weight is 339 g/mol. The van der Waals surface area contributed by atoms with Crippen LogP contribution in [0, 0.1) is 11.7 Å². The zero-order valence-corrected chi connectivity index (χ0v) is 13.6. The van der Waals surface area contributed by atoms with Gasteiger partial charge in [-0.1, -0.05) is 6.92 Å². The normalized spacial score (nSPS) is 22.4. The standard InChI is InChI=1S/C13H19FN2O3S.ClH/c1-9-8-15-6-5-12(9)16-20(17,18)10-3-4-13(19-2)11(14)7-10;/h3-4,7,9,12,15-16H,5-6,8H2,1-2H3;1H. The highest BCUT2D eigenvalue weighted by molar-refractivity contribution is 7.89. The summed E-state index contributed by atoms with van der Waals surface area (Å²) in [7, 11) is -2.38. The molecule has 1 heterocycles. The summed E-state index contributed by atoms with van der Waals surface area (Å²) in [6, 6.07) is 3.50. The predicted molar refractivity (Wildman–Crippen MR) is 81.0 cm³/mol. The smallest absolute Gasteiger partial charge is 0.240 e. The Balaban J connectivity index is 0.00000220. The molecule has 2 atom stereocenters. The molecule has 21 heavy (non-hydrogen) atoms. The first-order valence-corrected chi connectivity index (χ1v) is 7.99. The van der Waals surface area contributed by atoms with Gasteiger partial charge in [0.05, 0.1) is 12.0 Å². The SMILES string of the molecule is COc1ccc(S(=O)(=O)NC2CCNCC2C)cc1F.Cl. The van der Waals surface area contributed by atoms with E-state index in [4.69, 9.17) is 4.74 Å². The first-order valence-electron chi connectivity index (χ1n) is 6.50. The van der Waals surface area contributed by atoms with Gasteiger partial charge in [-0.05, 0) is 43.6 Å². The fourth-order valence-corrected chi connectivity index (χ4v) is 3.66. The Kier molecular flexibility index (Phi) is 6.40. The molecule has 0 spiro atoms. The van der Waals surface area contributed by atoms with Gasteiger partial charge in [0.25, 0.3) is 0 Å². The van der Waals surface area contributed by atoms with Gasteiger partial charge in [0.1, 0.15) is 0 Å². The number of sulfonamides is 1. The Bertz CT molecular complexity index is 583. The van der Waals surface area contributed by atoms with Gasteiger partial charge in [-0.15, -0.1) is 12.4 Å². The maximum Gasteiger partial charge on any atom is 0.240 e. The predicted octanol–water partition coefficient (Wildman–Crippen LogP) is 1.53. The fraction of sp³-hybridized carbons (Fsp3) is 0.538. The van der Waals surface area contributed by atoms with Crippen molar-refractivity contribution in [2.45, 2.75) is 24.3 Å². The molecule has 1 aromatic carbocycles. The molecular weight excluding hydrogens is 319 g/mol. The van der Waals surface area contributed by atoms with E-state index in [1.54, 1.807) is 0 Å². The van der Waals surface area contributed by atoms with Gasteiger partial charge in [0.15, 0.2) is 11.6 Å². The van der Waals surface area contributed by atoms with Gasteiger partial charge >= 0.3 is 0 Å². The van der Waals surface area contributed by atoms with Gasteiger partial charge < -0.3 is 10.1 Å². The van der Waals surface area contributed by atoms with Gasteiger partial charge in [-0.25, -0.2) is 17.5 Å². The van der Waals surface area contributed by atoms with Crippen molar-refractivity contribution in [2.75, 3.05) is 20.2 Å². The molecule has 2 N–H and O–H groups in total. The lowest BCUT2D eigenvalue weighted by atomic mass is 9.97. The number of halogens is 2. The summed E-state index contributed by atoms with van der Waals surface area (Å²) in [6.07, 6.45) is 0.721. The number of benzene rings is 1. The number of piperidine rings is 1. The lowest BCUT2D eigenvalue weighted by molar-refractivity contribution is 0.328. The van der Waals surface area contributed by atoms with Crippen LogP contribution in [0.15, 0.2) is 23.1 Å². The van der Waals surface area contributed by atoms with Gasteiger partial charge in [-0.3, -0.25) is 0 Å². The second-order valence-corrected chi connectivity index (χ2v) is 6.71. The van der Waals surface area contributed by atoms with Crippen LogP contribution < -0.4 is 14.8 Å². The molecule has 2 unspecified atom stereocenters. The summed E-state index contributed by atoms with van der Waals surface area (Å²) in [4.78, 5) is -0.0819. The van der Waals surface area contributed by atoms with Crippen molar-refractivity contribution in [1.29, 1.82) is 0 Å². The number of rotatable bonds is 4. The topological polar surface area (TPSA) is 67.4 Å². The Hall–Kier alpha value is -0.890. The highest BCUT2D eigenvalue weighted by atomic mass is 35.5. The molecule has 1 aliphatic rings. The van der Waals surface area contributed by atoms with Crippen molar-refractivity contribution >= 4 is 22.4 Å². The van der Waals surface area contributed by atoms with Crippen LogP contribution in [0.5, 0.6) is 5.75 Å². The summed E-state index contributed by atoms with van der Waals surface area (Å²) in [5, 5.41) is 3.20. The van der Waals surface area contributed by atoms with Crippen LogP contribution in [0.4, 0.5) is 4.39 Å². The zero-order chi connectivity index (χ0) is 14.8. The lowest BCUT2D eigenvalue weighted by Gasteiger charge is -2.29. The number of hydrogen-bond acceptors (Lipinski definition) is 4. The van der Waals surface area contributed by atoms with Crippen molar-refractivity contribution in [2.24, 2.45) is 5.92 Å². The van der Waals surface area contributed by atoms with Crippen LogP contribution in [0.25, 0.3) is 0 Å². The lowest BCUT2D eigenvalue weighted by Crippen LogP contribution is -2.48. The fourth-order valence-electron chi connectivity index (χ4n) is 2.27. The average Bonchev–Trinajstić information content (AvgIpc) is 2.41. The van der Waals surface area contributed by atoms with E-state index >= 15 is 0 Å². The molecule has 1 saturated heterocycles. The number of nitrogens with one attached hydrogen (secondary N) is 2. The first-order chi connectivity index (χ1) is 9.44. The van der Waals surface area contributed by atoms with E-state index in [-0.39, 0.29) is 35.0 Å². The maximum absolute atomic E-state index is 13.6. The van der Waals surface area contributed by atoms with Crippen molar-refractivity contribution in [3.8, 4) is 5.75 Å². The van der Waals surface area contributed by atoms with E-state index in [0.717, 1.165) is 25.6 Å². The minimum absolute atomic E-state index is 0. The summed E-state index contributed by atoms with van der Waals surface area (Å²) in [5.74, 6) is -0.463. The molecule has 5 nitrogen and oxygen atoms in total. The second kappa shape index (κ2) is 7.40. The molecule has 0 bridgehead atoms. The second-order valence-electron chi connectivity index (χ2n) is 4.99. The molecule has 8 heteroatoms. The molecule has 1 aromatic rings. The third-order valence-electron chi connectivity index (χ3n) is 3.53.